The zero-order valence-electron chi connectivity index (χ0n) is 12.4. The maximum absolute atomic E-state index is 11.9. The van der Waals surface area contributed by atoms with Crippen LogP contribution in [-0.2, 0) is 14.8 Å². The molecule has 0 amide bonds. The molecule has 1 heterocycles. The summed E-state index contributed by atoms with van der Waals surface area (Å²) in [6, 6.07) is 3.05. The number of hydrogen-bond acceptors (Lipinski definition) is 5. The first-order valence-corrected chi connectivity index (χ1v) is 8.05. The number of aliphatic carboxylic acids is 1. The van der Waals surface area contributed by atoms with Crippen LogP contribution in [0.3, 0.4) is 0 Å². The van der Waals surface area contributed by atoms with E-state index >= 15 is 0 Å². The molecule has 0 saturated carbocycles. The average Bonchev–Trinajstić information content (AvgIpc) is 2.43. The number of aromatic nitrogens is 1. The van der Waals surface area contributed by atoms with Gasteiger partial charge in [-0.3, -0.25) is 4.79 Å². The molecule has 21 heavy (non-hydrogen) atoms. The van der Waals surface area contributed by atoms with Gasteiger partial charge >= 0.3 is 5.97 Å². The molecule has 8 heteroatoms. The molecular weight excluding hydrogens is 294 g/mol. The third kappa shape index (κ3) is 4.98. The van der Waals surface area contributed by atoms with Crippen molar-refractivity contribution in [3.63, 3.8) is 0 Å². The summed E-state index contributed by atoms with van der Waals surface area (Å²) < 4.78 is 24.9. The molecule has 0 aliphatic carbocycles. The summed E-state index contributed by atoms with van der Waals surface area (Å²) in [5.74, 6) is -0.296. The molecule has 0 radical (unpaired) electrons. The van der Waals surface area contributed by atoms with Crippen molar-refractivity contribution in [2.75, 3.05) is 26.0 Å². The van der Waals surface area contributed by atoms with E-state index in [0.29, 0.717) is 12.4 Å². The van der Waals surface area contributed by atoms with Gasteiger partial charge in [-0.15, -0.1) is 0 Å². The van der Waals surface area contributed by atoms with Crippen LogP contribution < -0.4 is 5.32 Å². The highest BCUT2D eigenvalue weighted by atomic mass is 32.2. The van der Waals surface area contributed by atoms with Crippen LogP contribution in [0.5, 0.6) is 0 Å². The van der Waals surface area contributed by atoms with Gasteiger partial charge in [0.25, 0.3) is 0 Å². The van der Waals surface area contributed by atoms with E-state index < -0.39 is 16.0 Å². The van der Waals surface area contributed by atoms with Gasteiger partial charge in [-0.05, 0) is 18.1 Å². The molecule has 0 fully saturated rings. The van der Waals surface area contributed by atoms with Crippen molar-refractivity contribution in [1.29, 1.82) is 0 Å². The largest absolute Gasteiger partial charge is 0.481 e. The molecule has 1 atom stereocenters. The first-order chi connectivity index (χ1) is 9.77. The normalized spacial score (nSPS) is 13.1. The molecule has 0 bridgehead atoms. The summed E-state index contributed by atoms with van der Waals surface area (Å²) in [7, 11) is -0.565. The summed E-state index contributed by atoms with van der Waals surface area (Å²) in [5.41, 5.74) is 0. The van der Waals surface area contributed by atoms with E-state index in [1.165, 1.54) is 26.4 Å². The van der Waals surface area contributed by atoms with Gasteiger partial charge in [-0.25, -0.2) is 17.7 Å². The van der Waals surface area contributed by atoms with Crippen molar-refractivity contribution < 1.29 is 18.3 Å². The Bertz CT molecular complexity index is 570. The Morgan fingerprint density at radius 3 is 2.52 bits per heavy atom. The first-order valence-electron chi connectivity index (χ1n) is 6.61. The highest BCUT2D eigenvalue weighted by Gasteiger charge is 2.17. The zero-order chi connectivity index (χ0) is 16.0. The van der Waals surface area contributed by atoms with Crippen LogP contribution in [-0.4, -0.2) is 49.4 Å². The lowest BCUT2D eigenvalue weighted by Gasteiger charge is -2.14. The van der Waals surface area contributed by atoms with E-state index in [-0.39, 0.29) is 17.2 Å². The molecule has 0 aliphatic heterocycles. The highest BCUT2D eigenvalue weighted by Crippen LogP contribution is 2.15. The Hall–Kier alpha value is -1.67. The monoisotopic (exact) mass is 315 g/mol. The van der Waals surface area contributed by atoms with Crippen LogP contribution in [0.4, 0.5) is 5.82 Å². The minimum absolute atomic E-state index is 0.00878. The Balaban J connectivity index is 2.69. The van der Waals surface area contributed by atoms with Gasteiger partial charge in [0.1, 0.15) is 10.7 Å². The molecule has 118 valence electrons. The number of pyridine rings is 1. The molecule has 2 N–H and O–H groups in total. The summed E-state index contributed by atoms with van der Waals surface area (Å²) in [6.45, 7) is 2.41. The van der Waals surface area contributed by atoms with Crippen molar-refractivity contribution in [3.05, 3.63) is 18.3 Å². The third-order valence-electron chi connectivity index (χ3n) is 3.13. The second-order valence-electron chi connectivity index (χ2n) is 4.92. The number of carboxylic acid groups (broad SMARTS) is 1. The SMILES string of the molecule is CCC(CNc1ccc(S(=O)(=O)N(C)C)cn1)CC(=O)O. The van der Waals surface area contributed by atoms with E-state index in [0.717, 1.165) is 10.7 Å². The van der Waals surface area contributed by atoms with E-state index in [1.807, 2.05) is 6.92 Å². The van der Waals surface area contributed by atoms with E-state index in [2.05, 4.69) is 10.3 Å². The Morgan fingerprint density at radius 1 is 1.43 bits per heavy atom. The molecule has 0 spiro atoms. The van der Waals surface area contributed by atoms with Crippen LogP contribution in [0.15, 0.2) is 23.2 Å². The van der Waals surface area contributed by atoms with E-state index in [9.17, 15) is 13.2 Å². The molecule has 1 aromatic rings. The lowest BCUT2D eigenvalue weighted by atomic mass is 10.0. The lowest BCUT2D eigenvalue weighted by Crippen LogP contribution is -2.22. The van der Waals surface area contributed by atoms with Gasteiger partial charge in [-0.2, -0.15) is 0 Å². The first kappa shape index (κ1) is 17.4. The lowest BCUT2D eigenvalue weighted by molar-refractivity contribution is -0.138. The Kier molecular flexibility index (Phi) is 6.10. The zero-order valence-corrected chi connectivity index (χ0v) is 13.2. The summed E-state index contributed by atoms with van der Waals surface area (Å²) in [5, 5.41) is 11.8. The van der Waals surface area contributed by atoms with Crippen molar-refractivity contribution in [1.82, 2.24) is 9.29 Å². The number of rotatable bonds is 8. The van der Waals surface area contributed by atoms with E-state index in [4.69, 9.17) is 5.11 Å². The van der Waals surface area contributed by atoms with Crippen molar-refractivity contribution in [2.24, 2.45) is 5.92 Å². The van der Waals surface area contributed by atoms with Crippen LogP contribution in [0.2, 0.25) is 0 Å². The number of nitrogens with one attached hydrogen (secondary N) is 1. The Labute approximate surface area is 125 Å². The molecule has 1 rings (SSSR count). The summed E-state index contributed by atoms with van der Waals surface area (Å²) in [6.07, 6.45) is 2.12. The summed E-state index contributed by atoms with van der Waals surface area (Å²) >= 11 is 0. The minimum Gasteiger partial charge on any atom is -0.481 e. The maximum Gasteiger partial charge on any atom is 0.303 e. The third-order valence-corrected chi connectivity index (χ3v) is 4.93. The Morgan fingerprint density at radius 2 is 2.10 bits per heavy atom. The number of carboxylic acids is 1. The molecular formula is C13H21N3O4S. The van der Waals surface area contributed by atoms with Gasteiger partial charge in [0.2, 0.25) is 10.0 Å². The van der Waals surface area contributed by atoms with Gasteiger partial charge in [0, 0.05) is 33.3 Å². The molecule has 0 aromatic carbocycles. The quantitative estimate of drug-likeness (QED) is 0.749. The van der Waals surface area contributed by atoms with Crippen LogP contribution in [0, 0.1) is 5.92 Å². The summed E-state index contributed by atoms with van der Waals surface area (Å²) in [4.78, 5) is 14.9. The fourth-order valence-corrected chi connectivity index (χ4v) is 2.55. The maximum atomic E-state index is 11.9. The number of anilines is 1. The highest BCUT2D eigenvalue weighted by molar-refractivity contribution is 7.89. The van der Waals surface area contributed by atoms with Crippen molar-refractivity contribution >= 4 is 21.8 Å². The molecule has 1 unspecified atom stereocenters. The van der Waals surface area contributed by atoms with Gasteiger partial charge in [0.15, 0.2) is 0 Å². The van der Waals surface area contributed by atoms with Crippen molar-refractivity contribution in [2.45, 2.75) is 24.7 Å². The number of carbonyl (C=O) groups is 1. The predicted molar refractivity (Wildman–Crippen MR) is 79.6 cm³/mol. The van der Waals surface area contributed by atoms with Crippen molar-refractivity contribution in [3.8, 4) is 0 Å². The average molecular weight is 315 g/mol. The predicted octanol–water partition coefficient (Wildman–Crippen LogP) is 1.24. The topological polar surface area (TPSA) is 99.6 Å². The van der Waals surface area contributed by atoms with Crippen LogP contribution in [0.25, 0.3) is 0 Å². The molecule has 1 aromatic heterocycles. The second kappa shape index (κ2) is 7.37. The smallest absolute Gasteiger partial charge is 0.303 e. The standard InChI is InChI=1S/C13H21N3O4S/c1-4-10(7-13(17)18)8-14-12-6-5-11(9-15-12)21(19,20)16(2)3/h5-6,9-10H,4,7-8H2,1-3H3,(H,14,15)(H,17,18). The second-order valence-corrected chi connectivity index (χ2v) is 7.07. The van der Waals surface area contributed by atoms with E-state index in [1.54, 1.807) is 6.07 Å². The van der Waals surface area contributed by atoms with Gasteiger partial charge < -0.3 is 10.4 Å². The fraction of sp³-hybridized carbons (Fsp3) is 0.538. The number of sulfonamides is 1. The van der Waals surface area contributed by atoms with Crippen LogP contribution >= 0.6 is 0 Å². The number of nitrogens with zero attached hydrogens (tertiary/aromatic N) is 2. The fourth-order valence-electron chi connectivity index (χ4n) is 1.70. The molecule has 0 aliphatic rings. The molecule has 0 saturated heterocycles. The minimum atomic E-state index is -3.48. The van der Waals surface area contributed by atoms with Crippen LogP contribution in [0.1, 0.15) is 19.8 Å². The number of hydrogen-bond donors (Lipinski definition) is 2. The van der Waals surface area contributed by atoms with Gasteiger partial charge in [0.05, 0.1) is 0 Å². The molecule has 7 nitrogen and oxygen atoms in total. The van der Waals surface area contributed by atoms with Gasteiger partial charge in [-0.1, -0.05) is 13.3 Å².